The Kier molecular flexibility index (Phi) is 6.08. The van der Waals surface area contributed by atoms with Crippen molar-refractivity contribution in [2.24, 2.45) is 0 Å². The number of hydrogen-bond acceptors (Lipinski definition) is 5. The summed E-state index contributed by atoms with van der Waals surface area (Å²) in [6, 6.07) is 11.8. The number of carbonyl (C=O) groups is 2. The third-order valence-electron chi connectivity index (χ3n) is 5.96. The van der Waals surface area contributed by atoms with Crippen LogP contribution >= 0.6 is 11.3 Å². The van der Waals surface area contributed by atoms with E-state index < -0.39 is 23.5 Å². The third-order valence-corrected chi connectivity index (χ3v) is 7.03. The summed E-state index contributed by atoms with van der Waals surface area (Å²) < 4.78 is 19.5. The summed E-state index contributed by atoms with van der Waals surface area (Å²) in [5.74, 6) is -1.76. The molecule has 0 aliphatic carbocycles. The van der Waals surface area contributed by atoms with Crippen LogP contribution in [0.15, 0.2) is 59.5 Å². The highest BCUT2D eigenvalue weighted by Gasteiger charge is 2.48. The average Bonchev–Trinajstić information content (AvgIpc) is 3.32. The van der Waals surface area contributed by atoms with Crippen molar-refractivity contribution in [1.29, 1.82) is 0 Å². The lowest BCUT2D eigenvalue weighted by atomic mass is 9.84. The van der Waals surface area contributed by atoms with Gasteiger partial charge < -0.3 is 9.84 Å². The number of benzene rings is 2. The van der Waals surface area contributed by atoms with E-state index in [2.05, 4.69) is 0 Å². The molecule has 0 radical (unpaired) electrons. The smallest absolute Gasteiger partial charge is 0.300 e. The maximum absolute atomic E-state index is 14.0. The number of anilines is 1. The number of ether oxygens (including phenoxy) is 1. The van der Waals surface area contributed by atoms with Crippen molar-refractivity contribution in [3.8, 4) is 5.75 Å². The van der Waals surface area contributed by atoms with Crippen LogP contribution in [0.3, 0.4) is 0 Å². The van der Waals surface area contributed by atoms with Crippen LogP contribution in [0, 0.1) is 12.7 Å². The molecule has 7 heteroatoms. The van der Waals surface area contributed by atoms with Gasteiger partial charge >= 0.3 is 0 Å². The normalized spacial score (nSPS) is 17.9. The van der Waals surface area contributed by atoms with Crippen LogP contribution in [-0.2, 0) is 15.0 Å². The molecule has 1 aliphatic rings. The van der Waals surface area contributed by atoms with E-state index in [0.29, 0.717) is 11.3 Å². The first-order valence-electron chi connectivity index (χ1n) is 10.8. The summed E-state index contributed by atoms with van der Waals surface area (Å²) in [4.78, 5) is 28.5. The number of hydrogen-bond donors (Lipinski definition) is 1. The van der Waals surface area contributed by atoms with Gasteiger partial charge in [-0.05, 0) is 65.7 Å². The van der Waals surface area contributed by atoms with E-state index in [9.17, 15) is 19.1 Å². The molecule has 0 saturated carbocycles. The van der Waals surface area contributed by atoms with E-state index >= 15 is 0 Å². The Hall–Kier alpha value is -3.45. The molecular weight excluding hydrogens is 453 g/mol. The summed E-state index contributed by atoms with van der Waals surface area (Å²) in [6.07, 6.45) is 0. The molecule has 0 bridgehead atoms. The van der Waals surface area contributed by atoms with Crippen molar-refractivity contribution in [3.05, 3.63) is 86.9 Å². The minimum Gasteiger partial charge on any atom is -0.507 e. The summed E-state index contributed by atoms with van der Waals surface area (Å²) in [5, 5.41) is 13.3. The van der Waals surface area contributed by atoms with Crippen molar-refractivity contribution in [1.82, 2.24) is 0 Å². The highest BCUT2D eigenvalue weighted by molar-refractivity contribution is 7.10. The van der Waals surface area contributed by atoms with Gasteiger partial charge in [0, 0.05) is 21.7 Å². The first kappa shape index (κ1) is 23.7. The van der Waals surface area contributed by atoms with Crippen molar-refractivity contribution in [2.75, 3.05) is 12.0 Å². The van der Waals surface area contributed by atoms with Crippen LogP contribution < -0.4 is 9.64 Å². The molecule has 4 rings (SSSR count). The van der Waals surface area contributed by atoms with E-state index in [1.807, 2.05) is 39.1 Å². The molecule has 3 aromatic rings. The zero-order valence-electron chi connectivity index (χ0n) is 19.7. The van der Waals surface area contributed by atoms with Crippen molar-refractivity contribution >= 4 is 34.5 Å². The monoisotopic (exact) mass is 479 g/mol. The molecule has 34 heavy (non-hydrogen) atoms. The van der Waals surface area contributed by atoms with Gasteiger partial charge in [0.25, 0.3) is 11.7 Å². The van der Waals surface area contributed by atoms with Gasteiger partial charge in [0.15, 0.2) is 0 Å². The summed E-state index contributed by atoms with van der Waals surface area (Å²) >= 11 is 1.38. The average molecular weight is 480 g/mol. The van der Waals surface area contributed by atoms with E-state index in [0.717, 1.165) is 16.0 Å². The molecule has 2 aromatic carbocycles. The number of Topliss-reactive ketones (excluding diaryl/α,β-unsaturated/α-hetero) is 1. The van der Waals surface area contributed by atoms with Crippen molar-refractivity contribution in [2.45, 2.75) is 39.2 Å². The number of thiophene rings is 1. The van der Waals surface area contributed by atoms with E-state index in [-0.39, 0.29) is 22.4 Å². The number of methoxy groups -OCH3 is 1. The van der Waals surface area contributed by atoms with Crippen molar-refractivity contribution < 1.29 is 23.8 Å². The van der Waals surface area contributed by atoms with Gasteiger partial charge in [-0.1, -0.05) is 26.8 Å². The molecule has 1 saturated heterocycles. The zero-order valence-corrected chi connectivity index (χ0v) is 20.5. The Morgan fingerprint density at radius 1 is 1.12 bits per heavy atom. The number of halogens is 1. The fourth-order valence-electron chi connectivity index (χ4n) is 4.23. The Bertz CT molecular complexity index is 1320. The van der Waals surface area contributed by atoms with Crippen LogP contribution in [0.25, 0.3) is 5.76 Å². The molecule has 1 N–H and O–H groups in total. The first-order chi connectivity index (χ1) is 16.0. The zero-order chi connectivity index (χ0) is 24.8. The lowest BCUT2D eigenvalue weighted by Crippen LogP contribution is -2.29. The number of ketones is 1. The minimum absolute atomic E-state index is 0.0233. The number of carbonyl (C=O) groups excluding carboxylic acids is 2. The molecule has 2 heterocycles. The molecule has 1 fully saturated rings. The molecule has 5 nitrogen and oxygen atoms in total. The fraction of sp³-hybridized carbons (Fsp3) is 0.259. The number of amides is 1. The number of aryl methyl sites for hydroxylation is 1. The van der Waals surface area contributed by atoms with Crippen LogP contribution in [0.2, 0.25) is 0 Å². The highest BCUT2D eigenvalue weighted by atomic mass is 32.1. The Labute approximate surface area is 202 Å². The number of rotatable bonds is 4. The summed E-state index contributed by atoms with van der Waals surface area (Å²) in [7, 11) is 1.58. The predicted octanol–water partition coefficient (Wildman–Crippen LogP) is 6.13. The molecule has 1 amide bonds. The van der Waals surface area contributed by atoms with Gasteiger partial charge in [-0.15, -0.1) is 11.3 Å². The second-order valence-electron chi connectivity index (χ2n) is 9.28. The van der Waals surface area contributed by atoms with Gasteiger partial charge in [0.05, 0.1) is 12.7 Å². The first-order valence-corrected chi connectivity index (χ1v) is 11.7. The molecule has 0 spiro atoms. The number of aliphatic hydroxyl groups excluding tert-OH is 1. The lowest BCUT2D eigenvalue weighted by molar-refractivity contribution is -0.132. The molecule has 1 aliphatic heterocycles. The third kappa shape index (κ3) is 4.01. The molecule has 1 atom stereocenters. The predicted molar refractivity (Wildman–Crippen MR) is 132 cm³/mol. The standard InChI is InChI=1S/C27H26FNO4S/c1-15-11-12-34-25(15)22-21(24(31)26(32)29(22)18-8-6-7-17(28)14-18)23(30)16-9-10-20(33-5)19(13-16)27(2,3)4/h6-14,22,30H,1-5H3/b23-21-. The molecule has 1 aromatic heterocycles. The quantitative estimate of drug-likeness (QED) is 0.278. The van der Waals surface area contributed by atoms with Gasteiger partial charge in [-0.3, -0.25) is 14.5 Å². The summed E-state index contributed by atoms with van der Waals surface area (Å²) in [6.45, 7) is 7.94. The maximum atomic E-state index is 14.0. The van der Waals surface area contributed by atoms with Gasteiger partial charge in [0.2, 0.25) is 0 Å². The lowest BCUT2D eigenvalue weighted by Gasteiger charge is -2.25. The van der Waals surface area contributed by atoms with Crippen LogP contribution in [0.1, 0.15) is 48.4 Å². The SMILES string of the molecule is COc1ccc(/C(O)=C2/C(=O)C(=O)N(c3cccc(F)c3)C2c2sccc2C)cc1C(C)(C)C. The van der Waals surface area contributed by atoms with Gasteiger partial charge in [-0.25, -0.2) is 4.39 Å². The summed E-state index contributed by atoms with van der Waals surface area (Å²) in [5.41, 5.74) is 2.06. The number of nitrogens with zero attached hydrogens (tertiary/aromatic N) is 1. The largest absolute Gasteiger partial charge is 0.507 e. The fourth-order valence-corrected chi connectivity index (χ4v) is 5.26. The van der Waals surface area contributed by atoms with Crippen LogP contribution in [0.4, 0.5) is 10.1 Å². The second kappa shape index (κ2) is 8.72. The van der Waals surface area contributed by atoms with Gasteiger partial charge in [0.1, 0.15) is 23.4 Å². The minimum atomic E-state index is -0.873. The Morgan fingerprint density at radius 3 is 2.44 bits per heavy atom. The second-order valence-corrected chi connectivity index (χ2v) is 10.2. The molecular formula is C27H26FNO4S. The molecule has 1 unspecified atom stereocenters. The molecule has 176 valence electrons. The highest BCUT2D eigenvalue weighted by Crippen LogP contribution is 2.45. The number of aliphatic hydroxyl groups is 1. The van der Waals surface area contributed by atoms with Crippen molar-refractivity contribution in [3.63, 3.8) is 0 Å². The van der Waals surface area contributed by atoms with Crippen LogP contribution in [0.5, 0.6) is 5.75 Å². The topological polar surface area (TPSA) is 66.8 Å². The Balaban J connectivity index is 1.96. The van der Waals surface area contributed by atoms with Gasteiger partial charge in [-0.2, -0.15) is 0 Å². The maximum Gasteiger partial charge on any atom is 0.300 e. The van der Waals surface area contributed by atoms with Crippen LogP contribution in [-0.4, -0.2) is 23.9 Å². The van der Waals surface area contributed by atoms with E-state index in [1.54, 1.807) is 31.4 Å². The Morgan fingerprint density at radius 2 is 1.85 bits per heavy atom. The van der Waals surface area contributed by atoms with E-state index in [4.69, 9.17) is 4.74 Å². The van der Waals surface area contributed by atoms with E-state index in [1.165, 1.54) is 34.4 Å².